The molecule has 0 amide bonds. The molecule has 2 aromatic carbocycles. The molecule has 2 heterocycles. The maximum Gasteiger partial charge on any atom is 0.247 e. The number of hydrogen-bond donors (Lipinski definition) is 1. The van der Waals surface area contributed by atoms with Crippen LogP contribution >= 0.6 is 15.9 Å². The summed E-state index contributed by atoms with van der Waals surface area (Å²) in [6.07, 6.45) is -0.263. The molecule has 0 bridgehead atoms. The fourth-order valence-electron chi connectivity index (χ4n) is 4.14. The molecule has 0 fully saturated rings. The summed E-state index contributed by atoms with van der Waals surface area (Å²) < 4.78 is 46.1. The third kappa shape index (κ3) is 5.14. The summed E-state index contributed by atoms with van der Waals surface area (Å²) in [4.78, 5) is 2.26. The lowest BCUT2D eigenvalue weighted by atomic mass is 10.0. The lowest BCUT2D eigenvalue weighted by Gasteiger charge is -2.37. The molecule has 0 radical (unpaired) electrons. The highest BCUT2D eigenvalue weighted by molar-refractivity contribution is 9.10. The summed E-state index contributed by atoms with van der Waals surface area (Å²) in [6, 6.07) is 10.3. The number of nitrogens with zero attached hydrogens (tertiary/aromatic N) is 2. The van der Waals surface area contributed by atoms with Crippen LogP contribution < -0.4 is 14.2 Å². The van der Waals surface area contributed by atoms with Gasteiger partial charge in [0.15, 0.2) is 11.5 Å². The van der Waals surface area contributed by atoms with Crippen molar-refractivity contribution in [3.63, 3.8) is 0 Å². The molecule has 2 aliphatic rings. The normalized spacial score (nSPS) is 22.8. The van der Waals surface area contributed by atoms with Gasteiger partial charge in [0.2, 0.25) is 16.8 Å². The van der Waals surface area contributed by atoms with Gasteiger partial charge in [0, 0.05) is 36.1 Å². The van der Waals surface area contributed by atoms with E-state index in [-0.39, 0.29) is 36.9 Å². The molecule has 2 aromatic rings. The minimum Gasteiger partial charge on any atom is -0.487 e. The summed E-state index contributed by atoms with van der Waals surface area (Å²) in [5, 5.41) is 9.73. The minimum absolute atomic E-state index is 0.111. The van der Waals surface area contributed by atoms with Crippen molar-refractivity contribution in [3.05, 3.63) is 46.4 Å². The number of likely N-dealkylation sites (N-methyl/N-ethyl adjacent to an activating group) is 1. The van der Waals surface area contributed by atoms with Gasteiger partial charge in [-0.05, 0) is 49.9 Å². The van der Waals surface area contributed by atoms with Crippen LogP contribution in [0.1, 0.15) is 19.4 Å². The van der Waals surface area contributed by atoms with Crippen LogP contribution in [0.5, 0.6) is 17.2 Å². The lowest BCUT2D eigenvalue weighted by Crippen LogP contribution is -2.49. The van der Waals surface area contributed by atoms with Gasteiger partial charge in [-0.2, -0.15) is 4.31 Å². The second-order valence-corrected chi connectivity index (χ2v) is 11.5. The lowest BCUT2D eigenvalue weighted by molar-refractivity contribution is 0.0733. The Kier molecular flexibility index (Phi) is 7.20. The van der Waals surface area contributed by atoms with E-state index in [1.54, 1.807) is 25.1 Å². The third-order valence-electron chi connectivity index (χ3n) is 6.01. The van der Waals surface area contributed by atoms with Gasteiger partial charge in [-0.3, -0.25) is 4.90 Å². The van der Waals surface area contributed by atoms with E-state index in [2.05, 4.69) is 20.8 Å². The summed E-state index contributed by atoms with van der Waals surface area (Å²) in [7, 11) is -1.82. The first-order valence-electron chi connectivity index (χ1n) is 10.8. The van der Waals surface area contributed by atoms with Crippen molar-refractivity contribution in [2.75, 3.05) is 33.5 Å². The van der Waals surface area contributed by atoms with Crippen LogP contribution in [0, 0.1) is 5.92 Å². The fourth-order valence-corrected chi connectivity index (χ4v) is 6.31. The molecule has 0 aromatic heterocycles. The molecule has 0 aliphatic carbocycles. The topological polar surface area (TPSA) is 88.5 Å². The second kappa shape index (κ2) is 9.79. The van der Waals surface area contributed by atoms with Crippen molar-refractivity contribution in [1.29, 1.82) is 0 Å². The summed E-state index contributed by atoms with van der Waals surface area (Å²) >= 11 is 3.42. The molecule has 0 saturated heterocycles. The van der Waals surface area contributed by atoms with Crippen LogP contribution in [0.2, 0.25) is 0 Å². The van der Waals surface area contributed by atoms with Gasteiger partial charge in [-0.25, -0.2) is 8.42 Å². The molecule has 0 unspecified atom stereocenters. The maximum absolute atomic E-state index is 13.4. The molecular formula is C23H29BrN2O6S. The zero-order valence-electron chi connectivity index (χ0n) is 18.9. The van der Waals surface area contributed by atoms with E-state index in [1.165, 1.54) is 4.31 Å². The van der Waals surface area contributed by atoms with Crippen molar-refractivity contribution in [2.24, 2.45) is 5.92 Å². The Morgan fingerprint density at radius 3 is 2.70 bits per heavy atom. The van der Waals surface area contributed by atoms with Crippen LogP contribution in [0.3, 0.4) is 0 Å². The zero-order valence-corrected chi connectivity index (χ0v) is 21.3. The molecule has 10 heteroatoms. The molecule has 2 aliphatic heterocycles. The van der Waals surface area contributed by atoms with Gasteiger partial charge in [0.05, 0.1) is 6.61 Å². The van der Waals surface area contributed by atoms with Crippen molar-refractivity contribution in [1.82, 2.24) is 9.21 Å². The van der Waals surface area contributed by atoms with Gasteiger partial charge in [-0.1, -0.05) is 28.9 Å². The highest BCUT2D eigenvalue weighted by Gasteiger charge is 2.38. The van der Waals surface area contributed by atoms with E-state index < -0.39 is 16.1 Å². The van der Waals surface area contributed by atoms with Gasteiger partial charge < -0.3 is 19.3 Å². The summed E-state index contributed by atoms with van der Waals surface area (Å²) in [5.74, 6) is 1.70. The monoisotopic (exact) mass is 540 g/mol. The standard InChI is InChI=1S/C23H29BrN2O6S/c1-15-10-26(16(2)13-27)33(28,29)23-7-5-18(24)9-21(23)32-22(15)12-25(3)11-17-4-6-19-20(8-17)31-14-30-19/h4-9,15-16,22,27H,10-14H2,1-3H3/t15-,16+,22+/m0/s1. The predicted molar refractivity (Wildman–Crippen MR) is 127 cm³/mol. The predicted octanol–water partition coefficient (Wildman–Crippen LogP) is 3.08. The van der Waals surface area contributed by atoms with Gasteiger partial charge in [0.25, 0.3) is 0 Å². The van der Waals surface area contributed by atoms with E-state index in [4.69, 9.17) is 14.2 Å². The van der Waals surface area contributed by atoms with Crippen molar-refractivity contribution in [3.8, 4) is 17.2 Å². The Hall–Kier alpha value is -1.85. The van der Waals surface area contributed by atoms with E-state index in [1.807, 2.05) is 32.2 Å². The van der Waals surface area contributed by atoms with Crippen LogP contribution in [-0.4, -0.2) is 68.4 Å². The average molecular weight is 541 g/mol. The van der Waals surface area contributed by atoms with E-state index in [0.717, 1.165) is 21.5 Å². The molecule has 3 atom stereocenters. The molecule has 8 nitrogen and oxygen atoms in total. The van der Waals surface area contributed by atoms with E-state index in [0.29, 0.717) is 18.8 Å². The third-order valence-corrected chi connectivity index (χ3v) is 8.52. The zero-order chi connectivity index (χ0) is 23.8. The molecule has 0 saturated carbocycles. The first-order chi connectivity index (χ1) is 15.7. The summed E-state index contributed by atoms with van der Waals surface area (Å²) in [5.41, 5.74) is 1.08. The molecule has 1 N–H and O–H groups in total. The number of ether oxygens (including phenoxy) is 3. The first-order valence-corrected chi connectivity index (χ1v) is 13.1. The number of halogens is 1. The van der Waals surface area contributed by atoms with Gasteiger partial charge in [0.1, 0.15) is 16.7 Å². The van der Waals surface area contributed by atoms with Crippen LogP contribution in [-0.2, 0) is 16.6 Å². The van der Waals surface area contributed by atoms with Crippen LogP contribution in [0.15, 0.2) is 45.8 Å². The Balaban J connectivity index is 1.59. The Labute approximate surface area is 203 Å². The molecule has 4 rings (SSSR count). The number of rotatable bonds is 6. The summed E-state index contributed by atoms with van der Waals surface area (Å²) in [6.45, 7) is 5.19. The van der Waals surface area contributed by atoms with Crippen molar-refractivity contribution >= 4 is 26.0 Å². The molecule has 0 spiro atoms. The van der Waals surface area contributed by atoms with Gasteiger partial charge in [-0.15, -0.1) is 0 Å². The van der Waals surface area contributed by atoms with E-state index in [9.17, 15) is 13.5 Å². The highest BCUT2D eigenvalue weighted by atomic mass is 79.9. The van der Waals surface area contributed by atoms with Crippen LogP contribution in [0.25, 0.3) is 0 Å². The number of aliphatic hydroxyl groups excluding tert-OH is 1. The molecule has 33 heavy (non-hydrogen) atoms. The first kappa shape index (κ1) is 24.3. The SMILES string of the molecule is C[C@H](CO)N1C[C@H](C)[C@@H](CN(C)Cc2ccc3c(c2)OCO3)Oc2cc(Br)ccc2S1(=O)=O. The number of fused-ring (bicyclic) bond motifs is 2. The number of benzene rings is 2. The van der Waals surface area contributed by atoms with Crippen LogP contribution in [0.4, 0.5) is 0 Å². The maximum atomic E-state index is 13.4. The molecule has 180 valence electrons. The number of hydrogen-bond acceptors (Lipinski definition) is 7. The highest BCUT2D eigenvalue weighted by Crippen LogP contribution is 2.36. The van der Waals surface area contributed by atoms with Gasteiger partial charge >= 0.3 is 0 Å². The second-order valence-electron chi connectivity index (χ2n) is 8.72. The fraction of sp³-hybridized carbons (Fsp3) is 0.478. The Morgan fingerprint density at radius 1 is 1.18 bits per heavy atom. The quantitative estimate of drug-likeness (QED) is 0.602. The number of sulfonamides is 1. The smallest absolute Gasteiger partial charge is 0.247 e. The Morgan fingerprint density at radius 2 is 1.94 bits per heavy atom. The average Bonchev–Trinajstić information content (AvgIpc) is 3.23. The number of aliphatic hydroxyl groups is 1. The Bertz CT molecular complexity index is 1110. The minimum atomic E-state index is -3.82. The largest absolute Gasteiger partial charge is 0.487 e. The van der Waals surface area contributed by atoms with Crippen molar-refractivity contribution < 1.29 is 27.7 Å². The molecular weight excluding hydrogens is 512 g/mol. The van der Waals surface area contributed by atoms with Crippen molar-refractivity contribution in [2.45, 2.75) is 37.4 Å². The van der Waals surface area contributed by atoms with E-state index >= 15 is 0 Å².